The molecule has 0 N–H and O–H groups in total. The zero-order valence-electron chi connectivity index (χ0n) is 16.8. The number of anilines is 1. The molecule has 0 radical (unpaired) electrons. The van der Waals surface area contributed by atoms with Crippen LogP contribution in [0, 0.1) is 13.8 Å². The number of rotatable bonds is 6. The highest BCUT2D eigenvalue weighted by molar-refractivity contribution is 5.55. The minimum absolute atomic E-state index is 0.288. The van der Waals surface area contributed by atoms with Gasteiger partial charge in [0.15, 0.2) is 5.82 Å². The molecule has 0 aliphatic carbocycles. The van der Waals surface area contributed by atoms with Crippen LogP contribution in [0.4, 0.5) is 5.69 Å². The van der Waals surface area contributed by atoms with Gasteiger partial charge in [0, 0.05) is 31.9 Å². The van der Waals surface area contributed by atoms with Gasteiger partial charge in [0.25, 0.3) is 0 Å². The van der Waals surface area contributed by atoms with Crippen LogP contribution >= 0.6 is 0 Å². The molecule has 1 aliphatic rings. The first-order valence-electron chi connectivity index (χ1n) is 9.85. The summed E-state index contributed by atoms with van der Waals surface area (Å²) in [6, 6.07) is 7.33. The van der Waals surface area contributed by atoms with E-state index in [2.05, 4.69) is 78.1 Å². The van der Waals surface area contributed by atoms with Gasteiger partial charge in [-0.15, -0.1) is 5.10 Å². The second-order valence-corrected chi connectivity index (χ2v) is 7.69. The summed E-state index contributed by atoms with van der Waals surface area (Å²) in [6.45, 7) is 15.1. The van der Waals surface area contributed by atoms with Crippen LogP contribution < -0.4 is 4.90 Å². The molecule has 1 aromatic heterocycles. The molecule has 1 aliphatic heterocycles. The predicted molar refractivity (Wildman–Crippen MR) is 106 cm³/mol. The predicted octanol–water partition coefficient (Wildman–Crippen LogP) is 3.53. The van der Waals surface area contributed by atoms with E-state index in [1.54, 1.807) is 0 Å². The average Bonchev–Trinajstić information content (AvgIpc) is 3.12. The number of hydrogen-bond donors (Lipinski definition) is 0. The van der Waals surface area contributed by atoms with E-state index >= 15 is 0 Å². The molecular weight excluding hydrogens is 324 g/mol. The van der Waals surface area contributed by atoms with E-state index in [0.29, 0.717) is 6.04 Å². The van der Waals surface area contributed by atoms with E-state index in [1.165, 1.54) is 16.8 Å². The molecule has 0 spiro atoms. The minimum Gasteiger partial charge on any atom is -0.369 e. The molecule has 142 valence electrons. The summed E-state index contributed by atoms with van der Waals surface area (Å²) in [5.41, 5.74) is 4.06. The van der Waals surface area contributed by atoms with E-state index in [9.17, 15) is 0 Å². The van der Waals surface area contributed by atoms with Crippen LogP contribution in [0.25, 0.3) is 0 Å². The molecule has 26 heavy (non-hydrogen) atoms. The van der Waals surface area contributed by atoms with Crippen molar-refractivity contribution in [3.8, 4) is 0 Å². The van der Waals surface area contributed by atoms with E-state index in [1.807, 2.05) is 4.68 Å². The highest BCUT2D eigenvalue weighted by atomic mass is 15.6. The third kappa shape index (κ3) is 3.90. The van der Waals surface area contributed by atoms with Gasteiger partial charge in [0.2, 0.25) is 0 Å². The fourth-order valence-corrected chi connectivity index (χ4v) is 3.87. The zero-order valence-corrected chi connectivity index (χ0v) is 16.8. The molecular formula is C20H32N6. The van der Waals surface area contributed by atoms with Crippen molar-refractivity contribution in [2.45, 2.75) is 59.5 Å². The minimum atomic E-state index is 0.288. The molecule has 1 atom stereocenters. The molecule has 2 heterocycles. The Hall–Kier alpha value is -1.95. The van der Waals surface area contributed by atoms with Crippen molar-refractivity contribution < 1.29 is 0 Å². The van der Waals surface area contributed by atoms with Crippen LogP contribution in [0.3, 0.4) is 0 Å². The number of hydrogen-bond acceptors (Lipinski definition) is 5. The van der Waals surface area contributed by atoms with Gasteiger partial charge in [-0.2, -0.15) is 0 Å². The second-order valence-electron chi connectivity index (χ2n) is 7.69. The fraction of sp³-hybridized carbons (Fsp3) is 0.650. The first kappa shape index (κ1) is 18.8. The Labute approximate surface area is 157 Å². The van der Waals surface area contributed by atoms with Crippen molar-refractivity contribution in [2.24, 2.45) is 0 Å². The van der Waals surface area contributed by atoms with Crippen molar-refractivity contribution in [3.05, 3.63) is 35.2 Å². The molecule has 6 heteroatoms. The Morgan fingerprint density at radius 3 is 2.46 bits per heavy atom. The van der Waals surface area contributed by atoms with Gasteiger partial charge in [0.1, 0.15) is 0 Å². The average molecular weight is 357 g/mol. The number of aryl methyl sites for hydroxylation is 2. The van der Waals surface area contributed by atoms with Crippen LogP contribution in [0.5, 0.6) is 0 Å². The van der Waals surface area contributed by atoms with Crippen LogP contribution in [-0.2, 0) is 0 Å². The maximum Gasteiger partial charge on any atom is 0.168 e. The number of tetrazole rings is 1. The summed E-state index contributed by atoms with van der Waals surface area (Å²) >= 11 is 0. The van der Waals surface area contributed by atoms with Gasteiger partial charge in [-0.25, -0.2) is 4.68 Å². The molecule has 1 fully saturated rings. The maximum absolute atomic E-state index is 4.38. The van der Waals surface area contributed by atoms with Crippen molar-refractivity contribution in [2.75, 3.05) is 31.1 Å². The van der Waals surface area contributed by atoms with Gasteiger partial charge >= 0.3 is 0 Å². The van der Waals surface area contributed by atoms with Crippen molar-refractivity contribution >= 4 is 5.69 Å². The third-order valence-electron chi connectivity index (χ3n) is 5.33. The third-order valence-corrected chi connectivity index (χ3v) is 5.33. The van der Waals surface area contributed by atoms with E-state index in [-0.39, 0.29) is 6.04 Å². The SMILES string of the molecule is CCC[C@H](c1nnnn1C(C)C)N1CCN(c2cc(C)ccc2C)CC1. The standard InChI is InChI=1S/C20H32N6/c1-6-7-18(20-21-22-23-26(20)15(2)3)24-10-12-25(13-11-24)19-14-16(4)8-9-17(19)5/h8-9,14-15,18H,6-7,10-13H2,1-5H3/t18-/m1/s1. The first-order valence-corrected chi connectivity index (χ1v) is 9.85. The largest absolute Gasteiger partial charge is 0.369 e. The lowest BCUT2D eigenvalue weighted by atomic mass is 10.1. The lowest BCUT2D eigenvalue weighted by molar-refractivity contribution is 0.162. The molecule has 1 saturated heterocycles. The van der Waals surface area contributed by atoms with Crippen molar-refractivity contribution in [3.63, 3.8) is 0 Å². The monoisotopic (exact) mass is 356 g/mol. The lowest BCUT2D eigenvalue weighted by Crippen LogP contribution is -2.48. The number of benzene rings is 1. The fourth-order valence-electron chi connectivity index (χ4n) is 3.87. The molecule has 3 rings (SSSR count). The van der Waals surface area contributed by atoms with Gasteiger partial charge in [0.05, 0.1) is 12.1 Å². The molecule has 0 bridgehead atoms. The van der Waals surface area contributed by atoms with Crippen molar-refractivity contribution in [1.82, 2.24) is 25.1 Å². The van der Waals surface area contributed by atoms with Crippen molar-refractivity contribution in [1.29, 1.82) is 0 Å². The van der Waals surface area contributed by atoms with Crippen LogP contribution in [0.15, 0.2) is 18.2 Å². The Morgan fingerprint density at radius 1 is 1.08 bits per heavy atom. The normalized spacial score (nSPS) is 17.1. The summed E-state index contributed by atoms with van der Waals surface area (Å²) in [4.78, 5) is 5.09. The zero-order chi connectivity index (χ0) is 18.7. The topological polar surface area (TPSA) is 50.1 Å². The van der Waals surface area contributed by atoms with Crippen LogP contribution in [0.2, 0.25) is 0 Å². The summed E-state index contributed by atoms with van der Waals surface area (Å²) in [5.74, 6) is 1.02. The second kappa shape index (κ2) is 8.16. The lowest BCUT2D eigenvalue weighted by Gasteiger charge is -2.40. The number of piperazine rings is 1. The number of nitrogens with zero attached hydrogens (tertiary/aromatic N) is 6. The van der Waals surface area contributed by atoms with Gasteiger partial charge < -0.3 is 4.90 Å². The van der Waals surface area contributed by atoms with Gasteiger partial charge in [-0.3, -0.25) is 4.90 Å². The molecule has 2 aromatic rings. The first-order chi connectivity index (χ1) is 12.5. The van der Waals surface area contributed by atoms with Gasteiger partial charge in [-0.05, 0) is 61.7 Å². The van der Waals surface area contributed by atoms with E-state index in [4.69, 9.17) is 0 Å². The quantitative estimate of drug-likeness (QED) is 0.792. The molecule has 6 nitrogen and oxygen atoms in total. The van der Waals surface area contributed by atoms with Gasteiger partial charge in [-0.1, -0.05) is 25.5 Å². The Morgan fingerprint density at radius 2 is 1.81 bits per heavy atom. The maximum atomic E-state index is 4.38. The summed E-state index contributed by atoms with van der Waals surface area (Å²) in [7, 11) is 0. The molecule has 0 amide bonds. The summed E-state index contributed by atoms with van der Waals surface area (Å²) in [6.07, 6.45) is 2.23. The molecule has 1 aromatic carbocycles. The molecule has 0 saturated carbocycles. The smallest absolute Gasteiger partial charge is 0.168 e. The van der Waals surface area contributed by atoms with E-state index in [0.717, 1.165) is 44.8 Å². The molecule has 0 unspecified atom stereocenters. The highest BCUT2D eigenvalue weighted by Gasteiger charge is 2.29. The number of aromatic nitrogens is 4. The Kier molecular flexibility index (Phi) is 5.91. The van der Waals surface area contributed by atoms with Crippen LogP contribution in [0.1, 0.15) is 62.6 Å². The van der Waals surface area contributed by atoms with E-state index < -0.39 is 0 Å². The Balaban J connectivity index is 1.74. The summed E-state index contributed by atoms with van der Waals surface area (Å²) < 4.78 is 1.98. The highest BCUT2D eigenvalue weighted by Crippen LogP contribution is 2.29. The summed E-state index contributed by atoms with van der Waals surface area (Å²) in [5, 5.41) is 12.5. The Bertz CT molecular complexity index is 715. The van der Waals surface area contributed by atoms with Crippen LogP contribution in [-0.4, -0.2) is 51.3 Å².